The maximum atomic E-state index is 5.57. The van der Waals surface area contributed by atoms with E-state index in [-0.39, 0.29) is 0 Å². The summed E-state index contributed by atoms with van der Waals surface area (Å²) in [6.07, 6.45) is 0. The Bertz CT molecular complexity index is 327. The molecule has 0 saturated carbocycles. The number of nitrogens with one attached hydrogen (secondary N) is 1. The molecule has 78 valence electrons. The Balaban J connectivity index is 2.61. The standard InChI is InChI=1S/C8H16N6/c1-4-10-8(9)11-5-7-13-12-6(2)14(7)3/h4-5H2,1-3H3,(H3,9,10,11). The molecular formula is C8H16N6. The molecule has 0 bridgehead atoms. The molecule has 0 unspecified atom stereocenters. The van der Waals surface area contributed by atoms with Crippen molar-refractivity contribution in [3.05, 3.63) is 11.6 Å². The van der Waals surface area contributed by atoms with E-state index in [0.29, 0.717) is 12.5 Å². The SMILES string of the molecule is CCNC(N)=NCc1nnc(C)n1C. The molecule has 0 aliphatic heterocycles. The number of hydrogen-bond acceptors (Lipinski definition) is 3. The average Bonchev–Trinajstić information content (AvgIpc) is 2.46. The Kier molecular flexibility index (Phi) is 3.44. The molecule has 6 heteroatoms. The molecule has 0 amide bonds. The summed E-state index contributed by atoms with van der Waals surface area (Å²) < 4.78 is 1.89. The second kappa shape index (κ2) is 4.59. The quantitative estimate of drug-likeness (QED) is 0.506. The topological polar surface area (TPSA) is 81.1 Å². The fraction of sp³-hybridized carbons (Fsp3) is 0.625. The molecule has 0 aliphatic rings. The second-order valence-electron chi connectivity index (χ2n) is 2.95. The van der Waals surface area contributed by atoms with Gasteiger partial charge in [0.15, 0.2) is 11.8 Å². The van der Waals surface area contributed by atoms with Gasteiger partial charge in [-0.1, -0.05) is 0 Å². The maximum absolute atomic E-state index is 5.57. The highest BCUT2D eigenvalue weighted by Gasteiger charge is 2.02. The number of aryl methyl sites for hydroxylation is 1. The Morgan fingerprint density at radius 1 is 1.57 bits per heavy atom. The first-order chi connectivity index (χ1) is 6.65. The summed E-state index contributed by atoms with van der Waals surface area (Å²) in [5.41, 5.74) is 5.57. The maximum Gasteiger partial charge on any atom is 0.189 e. The Labute approximate surface area is 83.2 Å². The van der Waals surface area contributed by atoms with Gasteiger partial charge in [-0.05, 0) is 13.8 Å². The van der Waals surface area contributed by atoms with E-state index >= 15 is 0 Å². The van der Waals surface area contributed by atoms with Crippen LogP contribution in [0.15, 0.2) is 4.99 Å². The number of aliphatic imine (C=N–C) groups is 1. The summed E-state index contributed by atoms with van der Waals surface area (Å²) in [6, 6.07) is 0. The number of hydrogen-bond donors (Lipinski definition) is 2. The fourth-order valence-corrected chi connectivity index (χ4v) is 0.982. The summed E-state index contributed by atoms with van der Waals surface area (Å²) >= 11 is 0. The summed E-state index contributed by atoms with van der Waals surface area (Å²) in [4.78, 5) is 4.12. The zero-order valence-corrected chi connectivity index (χ0v) is 8.78. The van der Waals surface area contributed by atoms with Gasteiger partial charge in [0.05, 0.1) is 0 Å². The van der Waals surface area contributed by atoms with Crippen LogP contribution in [0.5, 0.6) is 0 Å². The van der Waals surface area contributed by atoms with E-state index in [9.17, 15) is 0 Å². The minimum absolute atomic E-state index is 0.438. The van der Waals surface area contributed by atoms with E-state index < -0.39 is 0 Å². The van der Waals surface area contributed by atoms with Gasteiger partial charge in [-0.15, -0.1) is 10.2 Å². The summed E-state index contributed by atoms with van der Waals surface area (Å²) in [5, 5.41) is 10.8. The summed E-state index contributed by atoms with van der Waals surface area (Å²) in [7, 11) is 1.91. The third kappa shape index (κ3) is 2.45. The zero-order chi connectivity index (χ0) is 10.6. The van der Waals surface area contributed by atoms with Crippen molar-refractivity contribution >= 4 is 5.96 Å². The van der Waals surface area contributed by atoms with Crippen LogP contribution in [0.2, 0.25) is 0 Å². The van der Waals surface area contributed by atoms with E-state index in [4.69, 9.17) is 5.73 Å². The van der Waals surface area contributed by atoms with Gasteiger partial charge < -0.3 is 15.6 Å². The van der Waals surface area contributed by atoms with Crippen molar-refractivity contribution in [2.24, 2.45) is 17.8 Å². The number of rotatable bonds is 3. The fourth-order valence-electron chi connectivity index (χ4n) is 0.982. The molecule has 1 rings (SSSR count). The van der Waals surface area contributed by atoms with Gasteiger partial charge in [-0.25, -0.2) is 4.99 Å². The molecule has 1 aromatic rings. The van der Waals surface area contributed by atoms with Gasteiger partial charge in [0.2, 0.25) is 0 Å². The van der Waals surface area contributed by atoms with E-state index in [2.05, 4.69) is 20.5 Å². The van der Waals surface area contributed by atoms with Gasteiger partial charge >= 0.3 is 0 Å². The second-order valence-corrected chi connectivity index (χ2v) is 2.95. The van der Waals surface area contributed by atoms with Crippen molar-refractivity contribution in [1.82, 2.24) is 20.1 Å². The first kappa shape index (κ1) is 10.5. The molecule has 0 aliphatic carbocycles. The molecule has 14 heavy (non-hydrogen) atoms. The molecule has 0 radical (unpaired) electrons. The van der Waals surface area contributed by atoms with E-state index in [1.165, 1.54) is 0 Å². The van der Waals surface area contributed by atoms with Crippen molar-refractivity contribution in [3.63, 3.8) is 0 Å². The van der Waals surface area contributed by atoms with Crippen LogP contribution in [0.4, 0.5) is 0 Å². The summed E-state index contributed by atoms with van der Waals surface area (Å²) in [5.74, 6) is 2.12. The van der Waals surface area contributed by atoms with Crippen LogP contribution in [-0.2, 0) is 13.6 Å². The van der Waals surface area contributed by atoms with Gasteiger partial charge in [-0.2, -0.15) is 0 Å². The van der Waals surface area contributed by atoms with E-state index in [1.807, 2.05) is 25.5 Å². The van der Waals surface area contributed by atoms with E-state index in [1.54, 1.807) is 0 Å². The number of aromatic nitrogens is 3. The lowest BCUT2D eigenvalue weighted by Gasteiger charge is -2.01. The highest BCUT2D eigenvalue weighted by atomic mass is 15.3. The molecule has 1 heterocycles. The van der Waals surface area contributed by atoms with Crippen LogP contribution >= 0.6 is 0 Å². The molecule has 0 fully saturated rings. The monoisotopic (exact) mass is 196 g/mol. The molecule has 3 N–H and O–H groups in total. The summed E-state index contributed by atoms with van der Waals surface area (Å²) in [6.45, 7) is 5.09. The van der Waals surface area contributed by atoms with Crippen LogP contribution in [0.25, 0.3) is 0 Å². The van der Waals surface area contributed by atoms with Crippen molar-refractivity contribution in [2.75, 3.05) is 6.54 Å². The minimum Gasteiger partial charge on any atom is -0.370 e. The van der Waals surface area contributed by atoms with E-state index in [0.717, 1.165) is 18.2 Å². The molecular weight excluding hydrogens is 180 g/mol. The van der Waals surface area contributed by atoms with Crippen molar-refractivity contribution < 1.29 is 0 Å². The minimum atomic E-state index is 0.438. The Morgan fingerprint density at radius 3 is 2.79 bits per heavy atom. The zero-order valence-electron chi connectivity index (χ0n) is 8.78. The largest absolute Gasteiger partial charge is 0.370 e. The smallest absolute Gasteiger partial charge is 0.189 e. The Hall–Kier alpha value is -1.59. The van der Waals surface area contributed by atoms with Crippen molar-refractivity contribution in [3.8, 4) is 0 Å². The number of nitrogens with zero attached hydrogens (tertiary/aromatic N) is 4. The van der Waals surface area contributed by atoms with Crippen LogP contribution in [0, 0.1) is 6.92 Å². The lowest BCUT2D eigenvalue weighted by atomic mass is 10.5. The first-order valence-electron chi connectivity index (χ1n) is 4.53. The molecule has 0 saturated heterocycles. The molecule has 0 aromatic carbocycles. The Morgan fingerprint density at radius 2 is 2.29 bits per heavy atom. The molecule has 1 aromatic heterocycles. The average molecular weight is 196 g/mol. The molecule has 6 nitrogen and oxygen atoms in total. The van der Waals surface area contributed by atoms with Crippen molar-refractivity contribution in [1.29, 1.82) is 0 Å². The molecule has 0 spiro atoms. The normalized spacial score (nSPS) is 11.8. The lowest BCUT2D eigenvalue weighted by Crippen LogP contribution is -2.31. The third-order valence-electron chi connectivity index (χ3n) is 1.93. The van der Waals surface area contributed by atoms with Gasteiger partial charge in [-0.3, -0.25) is 0 Å². The van der Waals surface area contributed by atoms with Crippen LogP contribution < -0.4 is 11.1 Å². The molecule has 0 atom stereocenters. The van der Waals surface area contributed by atoms with Gasteiger partial charge in [0.25, 0.3) is 0 Å². The lowest BCUT2D eigenvalue weighted by molar-refractivity contribution is 0.769. The third-order valence-corrected chi connectivity index (χ3v) is 1.93. The number of guanidine groups is 1. The van der Waals surface area contributed by atoms with Gasteiger partial charge in [0.1, 0.15) is 12.4 Å². The first-order valence-corrected chi connectivity index (χ1v) is 4.53. The predicted molar refractivity (Wildman–Crippen MR) is 54.7 cm³/mol. The van der Waals surface area contributed by atoms with Crippen LogP contribution in [-0.4, -0.2) is 27.3 Å². The predicted octanol–water partition coefficient (Wildman–Crippen LogP) is -0.452. The highest BCUT2D eigenvalue weighted by molar-refractivity contribution is 5.77. The van der Waals surface area contributed by atoms with Crippen LogP contribution in [0.3, 0.4) is 0 Å². The van der Waals surface area contributed by atoms with Crippen molar-refractivity contribution in [2.45, 2.75) is 20.4 Å². The number of nitrogens with two attached hydrogens (primary N) is 1. The van der Waals surface area contributed by atoms with Gasteiger partial charge in [0, 0.05) is 13.6 Å². The highest BCUT2D eigenvalue weighted by Crippen LogP contribution is 1.98. The van der Waals surface area contributed by atoms with Crippen LogP contribution in [0.1, 0.15) is 18.6 Å².